The molecule has 0 nitrogen and oxygen atoms in total. The molecule has 0 saturated carbocycles. The molecule has 1 aliphatic rings. The third-order valence-corrected chi connectivity index (χ3v) is 8.10. The molecule has 94 valence electrons. The van der Waals surface area contributed by atoms with E-state index in [9.17, 15) is 0 Å². The molecule has 1 fully saturated rings. The fraction of sp³-hybridized carbons (Fsp3) is 0.625. The second-order valence-corrected chi connectivity index (χ2v) is 8.60. The number of rotatable bonds is 3. The molecule has 2 rings (SSSR count). The molecule has 1 saturated heterocycles. The van der Waals surface area contributed by atoms with Crippen LogP contribution < -0.4 is 5.30 Å². The molecule has 2 atom stereocenters. The predicted octanol–water partition coefficient (Wildman–Crippen LogP) is 4.64. The number of benzene rings is 1. The lowest BCUT2D eigenvalue weighted by atomic mass is 10.0. The molecule has 1 aliphatic heterocycles. The predicted molar refractivity (Wildman–Crippen MR) is 79.5 cm³/mol. The van der Waals surface area contributed by atoms with E-state index in [-0.39, 0.29) is 7.92 Å². The van der Waals surface area contributed by atoms with Gasteiger partial charge in [0.05, 0.1) is 0 Å². The van der Waals surface area contributed by atoms with Crippen molar-refractivity contribution in [3.05, 3.63) is 30.3 Å². The van der Waals surface area contributed by atoms with E-state index in [0.29, 0.717) is 0 Å². The Labute approximate surface area is 108 Å². The topological polar surface area (TPSA) is 0 Å². The minimum Gasteiger partial charge on any atom is -0.0684 e. The highest BCUT2D eigenvalue weighted by Crippen LogP contribution is 2.59. The van der Waals surface area contributed by atoms with Gasteiger partial charge in [-0.25, -0.2) is 0 Å². The van der Waals surface area contributed by atoms with Crippen molar-refractivity contribution in [2.75, 3.05) is 0 Å². The summed E-state index contributed by atoms with van der Waals surface area (Å²) in [5, 5.41) is 1.64. The monoisotopic (exact) mass is 248 g/mol. The lowest BCUT2D eigenvalue weighted by Gasteiger charge is -2.30. The molecule has 1 aromatic rings. The van der Waals surface area contributed by atoms with Gasteiger partial charge in [-0.15, -0.1) is 0 Å². The Bertz CT molecular complexity index is 326. The zero-order valence-corrected chi connectivity index (χ0v) is 12.5. The number of hydrogen-bond donors (Lipinski definition) is 0. The van der Waals surface area contributed by atoms with Crippen LogP contribution in [0.15, 0.2) is 30.3 Å². The van der Waals surface area contributed by atoms with Crippen LogP contribution in [-0.2, 0) is 0 Å². The minimum atomic E-state index is 0.0540. The molecule has 0 N–H and O–H groups in total. The van der Waals surface area contributed by atoms with E-state index in [1.807, 2.05) is 0 Å². The number of hydrogen-bond acceptors (Lipinski definition) is 0. The van der Waals surface area contributed by atoms with E-state index < -0.39 is 0 Å². The van der Waals surface area contributed by atoms with Gasteiger partial charge in [-0.3, -0.25) is 0 Å². The maximum atomic E-state index is 2.41. The summed E-state index contributed by atoms with van der Waals surface area (Å²) in [6.45, 7) is 9.63. The normalized spacial score (nSPS) is 29.2. The summed E-state index contributed by atoms with van der Waals surface area (Å²) in [6, 6.07) is 11.3. The van der Waals surface area contributed by atoms with Crippen LogP contribution in [0.5, 0.6) is 0 Å². The molecule has 0 aromatic heterocycles. The first-order valence-corrected chi connectivity index (χ1v) is 8.42. The molecule has 2 unspecified atom stereocenters. The van der Waals surface area contributed by atoms with Crippen molar-refractivity contribution < 1.29 is 0 Å². The van der Waals surface area contributed by atoms with Crippen molar-refractivity contribution in [2.45, 2.75) is 51.9 Å². The second kappa shape index (κ2) is 5.53. The third kappa shape index (κ3) is 2.74. The van der Waals surface area contributed by atoms with E-state index >= 15 is 0 Å². The maximum absolute atomic E-state index is 2.41. The van der Waals surface area contributed by atoms with Gasteiger partial charge in [0, 0.05) is 0 Å². The summed E-state index contributed by atoms with van der Waals surface area (Å²) in [6.07, 6.45) is 2.89. The quantitative estimate of drug-likeness (QED) is 0.684. The average Bonchev–Trinajstić information content (AvgIpc) is 2.74. The van der Waals surface area contributed by atoms with E-state index in [1.165, 1.54) is 12.8 Å². The molecule has 0 aliphatic carbocycles. The second-order valence-electron chi connectivity index (χ2n) is 5.94. The van der Waals surface area contributed by atoms with Crippen LogP contribution >= 0.6 is 7.92 Å². The van der Waals surface area contributed by atoms with Gasteiger partial charge in [-0.1, -0.05) is 65.9 Å². The summed E-state index contributed by atoms with van der Waals surface area (Å²) in [4.78, 5) is 0. The van der Waals surface area contributed by atoms with Crippen LogP contribution in [-0.4, -0.2) is 11.3 Å². The molecule has 1 aromatic carbocycles. The summed E-state index contributed by atoms with van der Waals surface area (Å²) in [5.41, 5.74) is 1.89. The van der Waals surface area contributed by atoms with Crippen LogP contribution in [0.3, 0.4) is 0 Å². The van der Waals surface area contributed by atoms with Crippen LogP contribution in [0.4, 0.5) is 0 Å². The molecule has 0 bridgehead atoms. The Morgan fingerprint density at radius 2 is 1.35 bits per heavy atom. The Kier molecular flexibility index (Phi) is 4.26. The van der Waals surface area contributed by atoms with Crippen LogP contribution in [0.25, 0.3) is 0 Å². The summed E-state index contributed by atoms with van der Waals surface area (Å²) >= 11 is 0. The van der Waals surface area contributed by atoms with Crippen molar-refractivity contribution in [1.29, 1.82) is 0 Å². The molecule has 0 radical (unpaired) electrons. The highest BCUT2D eigenvalue weighted by Gasteiger charge is 2.39. The molecular weight excluding hydrogens is 223 g/mol. The van der Waals surface area contributed by atoms with Gasteiger partial charge in [-0.2, -0.15) is 0 Å². The van der Waals surface area contributed by atoms with Crippen LogP contribution in [0, 0.1) is 11.8 Å². The highest BCUT2D eigenvalue weighted by molar-refractivity contribution is 7.67. The first-order valence-electron chi connectivity index (χ1n) is 6.94. The molecule has 1 heterocycles. The first-order chi connectivity index (χ1) is 8.11. The van der Waals surface area contributed by atoms with E-state index in [4.69, 9.17) is 0 Å². The van der Waals surface area contributed by atoms with Gasteiger partial charge in [0.1, 0.15) is 0 Å². The van der Waals surface area contributed by atoms with Crippen molar-refractivity contribution >= 4 is 13.2 Å². The van der Waals surface area contributed by atoms with Gasteiger partial charge in [-0.05, 0) is 41.3 Å². The zero-order chi connectivity index (χ0) is 12.4. The Hall–Kier alpha value is -0.350. The standard InChI is InChI=1S/C16H25P/c1-12(2)15-10-11-16(13(3)4)17(15)14-8-6-5-7-9-14/h5-9,12-13,15-16H,10-11H2,1-4H3. The van der Waals surface area contributed by atoms with Gasteiger partial charge < -0.3 is 0 Å². The van der Waals surface area contributed by atoms with E-state index in [2.05, 4.69) is 58.0 Å². The minimum absolute atomic E-state index is 0.0540. The molecule has 0 spiro atoms. The van der Waals surface area contributed by atoms with Gasteiger partial charge >= 0.3 is 0 Å². The van der Waals surface area contributed by atoms with E-state index in [0.717, 1.165) is 23.2 Å². The Morgan fingerprint density at radius 1 is 0.882 bits per heavy atom. The smallest absolute Gasteiger partial charge is 0.0143 e. The molecular formula is C16H25P. The first kappa shape index (κ1) is 13.1. The van der Waals surface area contributed by atoms with Gasteiger partial charge in [0.2, 0.25) is 0 Å². The summed E-state index contributed by atoms with van der Waals surface area (Å²) in [7, 11) is 0.0540. The van der Waals surface area contributed by atoms with Gasteiger partial charge in [0.25, 0.3) is 0 Å². The largest absolute Gasteiger partial charge is 0.0684 e. The molecule has 0 amide bonds. The summed E-state index contributed by atoms with van der Waals surface area (Å²) < 4.78 is 0. The fourth-order valence-electron chi connectivity index (χ4n) is 3.16. The van der Waals surface area contributed by atoms with E-state index in [1.54, 1.807) is 5.30 Å². The Balaban J connectivity index is 2.30. The van der Waals surface area contributed by atoms with Gasteiger partial charge in [0.15, 0.2) is 0 Å². The Morgan fingerprint density at radius 3 is 1.76 bits per heavy atom. The van der Waals surface area contributed by atoms with Crippen LogP contribution in [0.2, 0.25) is 0 Å². The van der Waals surface area contributed by atoms with Crippen molar-refractivity contribution in [2.24, 2.45) is 11.8 Å². The fourth-order valence-corrected chi connectivity index (χ4v) is 7.07. The SMILES string of the molecule is CC(C)C1CCC(C(C)C)P1c1ccccc1. The highest BCUT2D eigenvalue weighted by atomic mass is 31.1. The van der Waals surface area contributed by atoms with Crippen molar-refractivity contribution in [3.8, 4) is 0 Å². The maximum Gasteiger partial charge on any atom is -0.0143 e. The molecule has 1 heteroatoms. The van der Waals surface area contributed by atoms with Crippen LogP contribution in [0.1, 0.15) is 40.5 Å². The lowest BCUT2D eigenvalue weighted by molar-refractivity contribution is 0.543. The third-order valence-electron chi connectivity index (χ3n) is 4.07. The molecule has 17 heavy (non-hydrogen) atoms. The average molecular weight is 248 g/mol. The van der Waals surface area contributed by atoms with Crippen molar-refractivity contribution in [3.63, 3.8) is 0 Å². The lowest BCUT2D eigenvalue weighted by Crippen LogP contribution is -2.21. The zero-order valence-electron chi connectivity index (χ0n) is 11.6. The summed E-state index contributed by atoms with van der Waals surface area (Å²) in [5.74, 6) is 1.68. The van der Waals surface area contributed by atoms with Crippen molar-refractivity contribution in [1.82, 2.24) is 0 Å².